The summed E-state index contributed by atoms with van der Waals surface area (Å²) in [5.74, 6) is 6.59. The lowest BCUT2D eigenvalue weighted by atomic mass is 10.4. The maximum absolute atomic E-state index is 11.0. The summed E-state index contributed by atoms with van der Waals surface area (Å²) in [4.78, 5) is 11.0. The fourth-order valence-corrected chi connectivity index (χ4v) is 1.38. The highest BCUT2D eigenvalue weighted by atomic mass is 32.2. The normalized spacial score (nSPS) is 11.3. The number of carbonyl (C=O) groups is 1. The Kier molecular flexibility index (Phi) is 7.56. The molecule has 0 aliphatic carbocycles. The number of ether oxygens (including phenoxy) is 1. The number of thioether (sulfide) groups is 1. The maximum Gasteiger partial charge on any atom is 0.323 e. The van der Waals surface area contributed by atoms with Crippen LogP contribution in [0, 0.1) is 11.8 Å². The van der Waals surface area contributed by atoms with Gasteiger partial charge < -0.3 is 10.5 Å². The molecule has 0 aromatic carbocycles. The molecule has 1 unspecified atom stereocenters. The smallest absolute Gasteiger partial charge is 0.323 e. The summed E-state index contributed by atoms with van der Waals surface area (Å²) in [5.41, 5.74) is 5.54. The van der Waals surface area contributed by atoms with E-state index >= 15 is 0 Å². The minimum Gasteiger partial charge on any atom is -0.465 e. The Labute approximate surface area is 83.4 Å². The lowest BCUT2D eigenvalue weighted by molar-refractivity contribution is -0.144. The Bertz CT molecular complexity index is 207. The molecule has 0 spiro atoms. The fraction of sp³-hybridized carbons (Fsp3) is 0.667. The van der Waals surface area contributed by atoms with Crippen molar-refractivity contribution in [1.29, 1.82) is 0 Å². The van der Waals surface area contributed by atoms with Crippen LogP contribution in [-0.2, 0) is 9.53 Å². The molecule has 74 valence electrons. The molecule has 0 aliphatic heterocycles. The molecule has 0 saturated heterocycles. The summed E-state index contributed by atoms with van der Waals surface area (Å²) in [7, 11) is 0. The number of nitrogens with two attached hydrogens (primary N) is 1. The highest BCUT2D eigenvalue weighted by Crippen LogP contribution is 2.01. The van der Waals surface area contributed by atoms with Gasteiger partial charge in [-0.25, -0.2) is 0 Å². The standard InChI is InChI=1S/C9H15NO2S/c1-3-5-6-13-7-8(10)9(11)12-4-2/h8H,4,6-7,10H2,1-2H3. The number of rotatable bonds is 5. The van der Waals surface area contributed by atoms with Crippen molar-refractivity contribution in [2.75, 3.05) is 18.1 Å². The van der Waals surface area contributed by atoms with E-state index in [4.69, 9.17) is 10.5 Å². The van der Waals surface area contributed by atoms with E-state index < -0.39 is 6.04 Å². The number of carbonyl (C=O) groups excluding carboxylic acids is 1. The zero-order chi connectivity index (χ0) is 10.1. The molecule has 0 fully saturated rings. The molecule has 0 saturated carbocycles. The van der Waals surface area contributed by atoms with Gasteiger partial charge in [-0.3, -0.25) is 4.79 Å². The molecule has 2 N–H and O–H groups in total. The lowest BCUT2D eigenvalue weighted by Crippen LogP contribution is -2.34. The Balaban J connectivity index is 3.53. The van der Waals surface area contributed by atoms with Crippen LogP contribution in [0.1, 0.15) is 13.8 Å². The maximum atomic E-state index is 11.0. The van der Waals surface area contributed by atoms with E-state index in [1.165, 1.54) is 0 Å². The Morgan fingerprint density at radius 2 is 2.38 bits per heavy atom. The number of esters is 1. The van der Waals surface area contributed by atoms with Crippen molar-refractivity contribution in [3.8, 4) is 11.8 Å². The van der Waals surface area contributed by atoms with Gasteiger partial charge in [0.1, 0.15) is 6.04 Å². The summed E-state index contributed by atoms with van der Waals surface area (Å²) in [6.07, 6.45) is 0. The van der Waals surface area contributed by atoms with Crippen molar-refractivity contribution >= 4 is 17.7 Å². The number of hydrogen-bond acceptors (Lipinski definition) is 4. The highest BCUT2D eigenvalue weighted by molar-refractivity contribution is 7.99. The molecular weight excluding hydrogens is 186 g/mol. The largest absolute Gasteiger partial charge is 0.465 e. The van der Waals surface area contributed by atoms with Gasteiger partial charge >= 0.3 is 5.97 Å². The minimum atomic E-state index is -0.524. The minimum absolute atomic E-state index is 0.334. The quantitative estimate of drug-likeness (QED) is 0.403. The summed E-state index contributed by atoms with van der Waals surface area (Å²) in [5, 5.41) is 0. The molecule has 0 rings (SSSR count). The Morgan fingerprint density at radius 3 is 2.92 bits per heavy atom. The van der Waals surface area contributed by atoms with Gasteiger partial charge in [0.15, 0.2) is 0 Å². The molecule has 0 amide bonds. The predicted molar refractivity (Wildman–Crippen MR) is 55.4 cm³/mol. The molecule has 0 aliphatic rings. The van der Waals surface area contributed by atoms with Crippen LogP contribution in [0.2, 0.25) is 0 Å². The van der Waals surface area contributed by atoms with Gasteiger partial charge in [0.25, 0.3) is 0 Å². The van der Waals surface area contributed by atoms with Crippen LogP contribution in [-0.4, -0.2) is 30.1 Å². The SMILES string of the molecule is CC#CCSCC(N)C(=O)OCC. The monoisotopic (exact) mass is 201 g/mol. The molecule has 0 bridgehead atoms. The molecular formula is C9H15NO2S. The van der Waals surface area contributed by atoms with Gasteiger partial charge in [-0.1, -0.05) is 5.92 Å². The van der Waals surface area contributed by atoms with Crippen LogP contribution in [0.3, 0.4) is 0 Å². The summed E-state index contributed by atoms with van der Waals surface area (Å²) >= 11 is 1.54. The molecule has 4 heteroatoms. The van der Waals surface area contributed by atoms with E-state index in [1.54, 1.807) is 25.6 Å². The van der Waals surface area contributed by atoms with Gasteiger partial charge in [0, 0.05) is 5.75 Å². The molecule has 0 aromatic heterocycles. The van der Waals surface area contributed by atoms with Crippen LogP contribution in [0.5, 0.6) is 0 Å². The fourth-order valence-electron chi connectivity index (χ4n) is 0.626. The van der Waals surface area contributed by atoms with E-state index in [0.29, 0.717) is 18.1 Å². The summed E-state index contributed by atoms with van der Waals surface area (Å²) in [6.45, 7) is 3.93. The van der Waals surface area contributed by atoms with Crippen LogP contribution >= 0.6 is 11.8 Å². The van der Waals surface area contributed by atoms with E-state index in [2.05, 4.69) is 11.8 Å². The van der Waals surface area contributed by atoms with Crippen molar-refractivity contribution in [2.45, 2.75) is 19.9 Å². The average molecular weight is 201 g/mol. The van der Waals surface area contributed by atoms with Crippen LogP contribution in [0.15, 0.2) is 0 Å². The molecule has 0 radical (unpaired) electrons. The second-order valence-corrected chi connectivity index (χ2v) is 3.33. The first-order valence-corrected chi connectivity index (χ1v) is 5.27. The first-order chi connectivity index (χ1) is 6.22. The lowest BCUT2D eigenvalue weighted by Gasteiger charge is -2.08. The molecule has 13 heavy (non-hydrogen) atoms. The molecule has 1 atom stereocenters. The molecule has 0 heterocycles. The predicted octanol–water partition coefficient (Wildman–Crippen LogP) is 0.633. The van der Waals surface area contributed by atoms with E-state index in [9.17, 15) is 4.79 Å². The highest BCUT2D eigenvalue weighted by Gasteiger charge is 2.13. The third-order valence-electron chi connectivity index (χ3n) is 1.24. The first-order valence-electron chi connectivity index (χ1n) is 4.12. The van der Waals surface area contributed by atoms with Gasteiger partial charge in [0.2, 0.25) is 0 Å². The van der Waals surface area contributed by atoms with Crippen LogP contribution in [0.25, 0.3) is 0 Å². The third kappa shape index (κ3) is 6.50. The van der Waals surface area contributed by atoms with Crippen molar-refractivity contribution in [1.82, 2.24) is 0 Å². The second kappa shape index (κ2) is 7.96. The average Bonchev–Trinajstić information content (AvgIpc) is 2.12. The summed E-state index contributed by atoms with van der Waals surface area (Å²) < 4.78 is 4.75. The van der Waals surface area contributed by atoms with Crippen LogP contribution < -0.4 is 5.73 Å². The zero-order valence-corrected chi connectivity index (χ0v) is 8.82. The molecule has 0 aromatic rings. The van der Waals surface area contributed by atoms with Gasteiger partial charge in [-0.2, -0.15) is 0 Å². The van der Waals surface area contributed by atoms with Crippen molar-refractivity contribution in [2.24, 2.45) is 5.73 Å². The van der Waals surface area contributed by atoms with Gasteiger partial charge in [-0.05, 0) is 13.8 Å². The van der Waals surface area contributed by atoms with E-state index in [0.717, 1.165) is 0 Å². The van der Waals surface area contributed by atoms with E-state index in [-0.39, 0.29) is 5.97 Å². The number of hydrogen-bond donors (Lipinski definition) is 1. The van der Waals surface area contributed by atoms with Crippen LogP contribution in [0.4, 0.5) is 0 Å². The van der Waals surface area contributed by atoms with Crippen molar-refractivity contribution < 1.29 is 9.53 Å². The third-order valence-corrected chi connectivity index (χ3v) is 2.18. The van der Waals surface area contributed by atoms with Gasteiger partial charge in [0.05, 0.1) is 12.4 Å². The second-order valence-electron chi connectivity index (χ2n) is 2.30. The van der Waals surface area contributed by atoms with Crippen molar-refractivity contribution in [3.63, 3.8) is 0 Å². The Morgan fingerprint density at radius 1 is 1.69 bits per heavy atom. The summed E-state index contributed by atoms with van der Waals surface area (Å²) in [6, 6.07) is -0.524. The molecule has 3 nitrogen and oxygen atoms in total. The zero-order valence-electron chi connectivity index (χ0n) is 8.00. The first kappa shape index (κ1) is 12.3. The van der Waals surface area contributed by atoms with Crippen molar-refractivity contribution in [3.05, 3.63) is 0 Å². The topological polar surface area (TPSA) is 52.3 Å². The Hall–Kier alpha value is -0.660. The van der Waals surface area contributed by atoms with E-state index in [1.807, 2.05) is 0 Å². The van der Waals surface area contributed by atoms with Gasteiger partial charge in [-0.15, -0.1) is 17.7 Å².